The fraction of sp³-hybridized carbons (Fsp3) is 0.353. The third-order valence-electron chi connectivity index (χ3n) is 6.84. The van der Waals surface area contributed by atoms with Crippen molar-refractivity contribution in [3.63, 3.8) is 0 Å². The molecule has 41 heavy (non-hydrogen) atoms. The number of benzene rings is 3. The Morgan fingerprint density at radius 2 is 1.59 bits per heavy atom. The van der Waals surface area contributed by atoms with Gasteiger partial charge in [-0.2, -0.15) is 0 Å². The summed E-state index contributed by atoms with van der Waals surface area (Å²) in [5, 5.41) is 3.06. The number of likely N-dealkylation sites (tertiary alicyclic amines) is 1. The summed E-state index contributed by atoms with van der Waals surface area (Å²) in [5.41, 5.74) is 2.85. The molecule has 214 valence electrons. The van der Waals surface area contributed by atoms with Gasteiger partial charge in [0.15, 0.2) is 0 Å². The molecule has 0 aliphatic carbocycles. The first-order valence-corrected chi connectivity index (χ1v) is 14.2. The van der Waals surface area contributed by atoms with E-state index in [1.807, 2.05) is 84.9 Å². The predicted molar refractivity (Wildman–Crippen MR) is 160 cm³/mol. The van der Waals surface area contributed by atoms with Gasteiger partial charge in [-0.05, 0) is 54.2 Å². The molecular formula is C34H39N3O4. The lowest BCUT2D eigenvalue weighted by molar-refractivity contribution is 0.0755. The van der Waals surface area contributed by atoms with Crippen molar-refractivity contribution < 1.29 is 19.1 Å². The number of amides is 3. The van der Waals surface area contributed by atoms with Crippen molar-refractivity contribution in [2.24, 2.45) is 5.92 Å². The number of urea groups is 1. The van der Waals surface area contributed by atoms with E-state index >= 15 is 0 Å². The van der Waals surface area contributed by atoms with E-state index in [0.717, 1.165) is 22.4 Å². The minimum absolute atomic E-state index is 0.0370. The predicted octanol–water partition coefficient (Wildman–Crippen LogP) is 6.09. The molecule has 3 amide bonds. The molecule has 7 nitrogen and oxygen atoms in total. The van der Waals surface area contributed by atoms with Crippen molar-refractivity contribution in [3.8, 4) is 17.6 Å². The van der Waals surface area contributed by atoms with Gasteiger partial charge in [0.2, 0.25) is 0 Å². The Hall–Kier alpha value is -4.44. The van der Waals surface area contributed by atoms with E-state index in [-0.39, 0.29) is 24.8 Å². The fourth-order valence-corrected chi connectivity index (χ4v) is 4.53. The average molecular weight is 554 g/mol. The average Bonchev–Trinajstić information content (AvgIpc) is 3.01. The quantitative estimate of drug-likeness (QED) is 0.326. The summed E-state index contributed by atoms with van der Waals surface area (Å²) in [5.74, 6) is 7.61. The molecule has 0 bridgehead atoms. The monoisotopic (exact) mass is 553 g/mol. The van der Waals surface area contributed by atoms with Crippen LogP contribution in [0.3, 0.4) is 0 Å². The van der Waals surface area contributed by atoms with Gasteiger partial charge < -0.3 is 24.6 Å². The molecule has 0 saturated carbocycles. The van der Waals surface area contributed by atoms with Gasteiger partial charge in [-0.15, -0.1) is 0 Å². The van der Waals surface area contributed by atoms with E-state index in [0.29, 0.717) is 51.5 Å². The Labute approximate surface area is 243 Å². The number of rotatable bonds is 9. The summed E-state index contributed by atoms with van der Waals surface area (Å²) < 4.78 is 11.3. The summed E-state index contributed by atoms with van der Waals surface area (Å²) in [6.45, 7) is 6.87. The molecular weight excluding hydrogens is 514 g/mol. The summed E-state index contributed by atoms with van der Waals surface area (Å²) >= 11 is 0. The minimum atomic E-state index is -0.326. The molecule has 1 heterocycles. The lowest BCUT2D eigenvalue weighted by Crippen LogP contribution is -2.51. The van der Waals surface area contributed by atoms with E-state index in [4.69, 9.17) is 9.47 Å². The van der Waals surface area contributed by atoms with Gasteiger partial charge in [0.1, 0.15) is 12.4 Å². The number of ether oxygens (including phenoxy) is 2. The second kappa shape index (κ2) is 15.4. The van der Waals surface area contributed by atoms with Crippen LogP contribution in [-0.4, -0.2) is 54.2 Å². The maximum atomic E-state index is 13.4. The summed E-state index contributed by atoms with van der Waals surface area (Å²) in [6.07, 6.45) is 0.985. The second-order valence-corrected chi connectivity index (χ2v) is 10.6. The van der Waals surface area contributed by atoms with Gasteiger partial charge in [-0.1, -0.05) is 86.4 Å². The lowest BCUT2D eigenvalue weighted by Gasteiger charge is -2.37. The molecule has 4 rings (SSSR count). The van der Waals surface area contributed by atoms with Crippen molar-refractivity contribution in [1.29, 1.82) is 0 Å². The highest BCUT2D eigenvalue weighted by Gasteiger charge is 2.30. The van der Waals surface area contributed by atoms with E-state index < -0.39 is 0 Å². The zero-order chi connectivity index (χ0) is 28.9. The Balaban J connectivity index is 1.34. The zero-order valence-electron chi connectivity index (χ0n) is 23.9. The molecule has 0 spiro atoms. The van der Waals surface area contributed by atoms with E-state index in [9.17, 15) is 9.59 Å². The maximum Gasteiger partial charge on any atom is 0.410 e. The number of piperidine rings is 1. The molecule has 0 aromatic heterocycles. The molecule has 7 heteroatoms. The molecule has 1 fully saturated rings. The summed E-state index contributed by atoms with van der Waals surface area (Å²) in [4.78, 5) is 29.6. The number of hydrogen-bond acceptors (Lipinski definition) is 4. The molecule has 3 aromatic carbocycles. The van der Waals surface area contributed by atoms with Crippen LogP contribution in [0.2, 0.25) is 0 Å². The van der Waals surface area contributed by atoms with Crippen molar-refractivity contribution >= 4 is 12.1 Å². The third-order valence-corrected chi connectivity index (χ3v) is 6.84. The summed E-state index contributed by atoms with van der Waals surface area (Å²) in [7, 11) is 0. The van der Waals surface area contributed by atoms with Gasteiger partial charge in [-0.3, -0.25) is 0 Å². The van der Waals surface area contributed by atoms with Crippen LogP contribution in [-0.2, 0) is 17.9 Å². The highest BCUT2D eigenvalue weighted by Crippen LogP contribution is 2.19. The molecule has 0 unspecified atom stereocenters. The first kappa shape index (κ1) is 29.5. The largest absolute Gasteiger partial charge is 0.493 e. The van der Waals surface area contributed by atoms with Gasteiger partial charge in [0.05, 0.1) is 13.2 Å². The number of carbonyl (C=O) groups is 2. The SMILES string of the molecule is CC(C)COc1ccc(CNC(=O)N(CC#Cc2ccccc2)C2CCN(C(=O)OCc3ccccc3)CC2)cc1. The van der Waals surface area contributed by atoms with Crippen molar-refractivity contribution in [2.45, 2.75) is 45.9 Å². The Kier molecular flexibility index (Phi) is 11.1. The number of carbonyl (C=O) groups excluding carboxylic acids is 2. The van der Waals surface area contributed by atoms with Crippen molar-refractivity contribution in [2.75, 3.05) is 26.2 Å². The van der Waals surface area contributed by atoms with Crippen LogP contribution in [0.25, 0.3) is 0 Å². The highest BCUT2D eigenvalue weighted by molar-refractivity contribution is 5.75. The van der Waals surface area contributed by atoms with Crippen LogP contribution in [0, 0.1) is 17.8 Å². The first-order chi connectivity index (χ1) is 20.0. The molecule has 1 N–H and O–H groups in total. The van der Waals surface area contributed by atoms with E-state index in [1.54, 1.807) is 9.80 Å². The Morgan fingerprint density at radius 3 is 2.24 bits per heavy atom. The number of nitrogens with one attached hydrogen (secondary N) is 1. The van der Waals surface area contributed by atoms with Gasteiger partial charge in [0, 0.05) is 31.2 Å². The van der Waals surface area contributed by atoms with Crippen LogP contribution in [0.5, 0.6) is 5.75 Å². The standard InChI is InChI=1S/C34H39N3O4/c1-27(2)25-40-32-17-15-29(16-18-32)24-35-33(38)37(21-9-14-28-10-5-3-6-11-28)31-19-22-36(23-20-31)34(39)41-26-30-12-7-4-8-13-30/h3-8,10-13,15-18,27,31H,19-26H2,1-2H3,(H,35,38). The smallest absolute Gasteiger partial charge is 0.410 e. The van der Waals surface area contributed by atoms with Crippen molar-refractivity contribution in [3.05, 3.63) is 102 Å². The Bertz CT molecular complexity index is 1290. The summed E-state index contributed by atoms with van der Waals surface area (Å²) in [6, 6.07) is 27.0. The highest BCUT2D eigenvalue weighted by atomic mass is 16.6. The van der Waals surface area contributed by atoms with Crippen LogP contribution in [0.4, 0.5) is 9.59 Å². The number of hydrogen-bond donors (Lipinski definition) is 1. The minimum Gasteiger partial charge on any atom is -0.493 e. The molecule has 1 saturated heterocycles. The third kappa shape index (κ3) is 9.61. The normalized spacial score (nSPS) is 13.2. The number of nitrogens with zero attached hydrogens (tertiary/aromatic N) is 2. The molecule has 0 radical (unpaired) electrons. The second-order valence-electron chi connectivity index (χ2n) is 10.6. The van der Waals surface area contributed by atoms with E-state index in [1.165, 1.54) is 0 Å². The van der Waals surface area contributed by atoms with Gasteiger partial charge >= 0.3 is 12.1 Å². The Morgan fingerprint density at radius 1 is 0.927 bits per heavy atom. The topological polar surface area (TPSA) is 71.1 Å². The van der Waals surface area contributed by atoms with Gasteiger partial charge in [-0.25, -0.2) is 9.59 Å². The van der Waals surface area contributed by atoms with Crippen molar-refractivity contribution in [1.82, 2.24) is 15.1 Å². The molecule has 3 aromatic rings. The first-order valence-electron chi connectivity index (χ1n) is 14.2. The van der Waals surface area contributed by atoms with Crippen LogP contribution in [0.15, 0.2) is 84.9 Å². The maximum absolute atomic E-state index is 13.4. The van der Waals surface area contributed by atoms with Crippen LogP contribution < -0.4 is 10.1 Å². The molecule has 0 atom stereocenters. The van der Waals surface area contributed by atoms with Gasteiger partial charge in [0.25, 0.3) is 0 Å². The van der Waals surface area contributed by atoms with Crippen LogP contribution in [0.1, 0.15) is 43.4 Å². The fourth-order valence-electron chi connectivity index (χ4n) is 4.53. The van der Waals surface area contributed by atoms with E-state index in [2.05, 4.69) is 31.0 Å². The molecule has 1 aliphatic heterocycles. The zero-order valence-corrected chi connectivity index (χ0v) is 23.9. The molecule has 1 aliphatic rings. The van der Waals surface area contributed by atoms with Crippen LogP contribution >= 0.6 is 0 Å². The lowest BCUT2D eigenvalue weighted by atomic mass is 10.0.